The van der Waals surface area contributed by atoms with Gasteiger partial charge in [0.25, 0.3) is 0 Å². The van der Waals surface area contributed by atoms with Gasteiger partial charge in [0.2, 0.25) is 0 Å². The molecule has 0 amide bonds. The number of aliphatic hydroxyl groups excluding tert-OH is 1. The first-order valence-electron chi connectivity index (χ1n) is 6.57. The van der Waals surface area contributed by atoms with Crippen LogP contribution in [-0.2, 0) is 12.8 Å². The van der Waals surface area contributed by atoms with Crippen molar-refractivity contribution in [1.82, 2.24) is 5.32 Å². The molecule has 2 aliphatic heterocycles. The Morgan fingerprint density at radius 1 is 1.44 bits per heavy atom. The summed E-state index contributed by atoms with van der Waals surface area (Å²) >= 11 is 3.56. The number of nitrogens with one attached hydrogen (secondary N) is 1. The number of ether oxygens (including phenoxy) is 1. The lowest BCUT2D eigenvalue weighted by molar-refractivity contribution is 0.0788. The zero-order valence-electron chi connectivity index (χ0n) is 10.3. The molecule has 0 aliphatic carbocycles. The lowest BCUT2D eigenvalue weighted by Crippen LogP contribution is -2.40. The van der Waals surface area contributed by atoms with E-state index in [2.05, 4.69) is 33.4 Å². The third-order valence-electron chi connectivity index (χ3n) is 3.87. The smallest absolute Gasteiger partial charge is 0.125 e. The van der Waals surface area contributed by atoms with E-state index in [-0.39, 0.29) is 6.10 Å². The van der Waals surface area contributed by atoms with Gasteiger partial charge in [-0.15, -0.1) is 0 Å². The van der Waals surface area contributed by atoms with E-state index in [1.54, 1.807) is 0 Å². The van der Waals surface area contributed by atoms with Crippen LogP contribution in [0.1, 0.15) is 17.5 Å². The molecule has 2 unspecified atom stereocenters. The molecule has 98 valence electrons. The van der Waals surface area contributed by atoms with E-state index in [1.165, 1.54) is 11.1 Å². The Kier molecular flexibility index (Phi) is 3.59. The van der Waals surface area contributed by atoms with Crippen molar-refractivity contribution in [3.63, 3.8) is 0 Å². The fourth-order valence-corrected chi connectivity index (χ4v) is 3.45. The van der Waals surface area contributed by atoms with Gasteiger partial charge in [0, 0.05) is 23.4 Å². The van der Waals surface area contributed by atoms with E-state index in [1.807, 2.05) is 0 Å². The van der Waals surface area contributed by atoms with Crippen LogP contribution in [0, 0.1) is 5.92 Å². The number of aliphatic hydroxyl groups is 1. The molecule has 0 radical (unpaired) electrons. The minimum absolute atomic E-state index is 0.192. The van der Waals surface area contributed by atoms with Gasteiger partial charge in [-0.1, -0.05) is 15.9 Å². The second-order valence-electron chi connectivity index (χ2n) is 5.18. The summed E-state index contributed by atoms with van der Waals surface area (Å²) in [6.45, 7) is 2.59. The van der Waals surface area contributed by atoms with E-state index in [4.69, 9.17) is 4.74 Å². The number of hydrogen-bond acceptors (Lipinski definition) is 3. The third kappa shape index (κ3) is 2.42. The van der Waals surface area contributed by atoms with E-state index in [0.29, 0.717) is 5.92 Å². The number of halogens is 1. The molecule has 0 saturated carbocycles. The SMILES string of the molecule is OC1CCNCC1Cc1cc(Br)cc2c1OCC2. The van der Waals surface area contributed by atoms with Crippen LogP contribution in [0.3, 0.4) is 0 Å². The van der Waals surface area contributed by atoms with Gasteiger partial charge >= 0.3 is 0 Å². The molecule has 1 saturated heterocycles. The van der Waals surface area contributed by atoms with Crippen LogP contribution in [0.2, 0.25) is 0 Å². The summed E-state index contributed by atoms with van der Waals surface area (Å²) < 4.78 is 6.85. The van der Waals surface area contributed by atoms with Crippen LogP contribution < -0.4 is 10.1 Å². The molecule has 4 heteroatoms. The highest BCUT2D eigenvalue weighted by Gasteiger charge is 2.26. The van der Waals surface area contributed by atoms with Crippen molar-refractivity contribution >= 4 is 15.9 Å². The molecule has 3 rings (SSSR count). The zero-order chi connectivity index (χ0) is 12.5. The van der Waals surface area contributed by atoms with Gasteiger partial charge in [0.1, 0.15) is 5.75 Å². The molecule has 0 spiro atoms. The topological polar surface area (TPSA) is 41.5 Å². The van der Waals surface area contributed by atoms with Crippen LogP contribution >= 0.6 is 15.9 Å². The number of rotatable bonds is 2. The molecule has 2 N–H and O–H groups in total. The first-order chi connectivity index (χ1) is 8.74. The van der Waals surface area contributed by atoms with E-state index in [0.717, 1.165) is 49.2 Å². The Hall–Kier alpha value is -0.580. The highest BCUT2D eigenvalue weighted by Crippen LogP contribution is 2.35. The molecule has 3 nitrogen and oxygen atoms in total. The maximum Gasteiger partial charge on any atom is 0.125 e. The predicted octanol–water partition coefficient (Wildman–Crippen LogP) is 1.90. The molecular formula is C14H18BrNO2. The first kappa shape index (κ1) is 12.5. The second kappa shape index (κ2) is 5.19. The number of piperidine rings is 1. The van der Waals surface area contributed by atoms with Gasteiger partial charge in [0.15, 0.2) is 0 Å². The number of fused-ring (bicyclic) bond motifs is 1. The van der Waals surface area contributed by atoms with Gasteiger partial charge in [-0.05, 0) is 42.6 Å². The predicted molar refractivity (Wildman–Crippen MR) is 74.0 cm³/mol. The molecule has 2 atom stereocenters. The first-order valence-corrected chi connectivity index (χ1v) is 7.36. The van der Waals surface area contributed by atoms with Gasteiger partial charge < -0.3 is 15.2 Å². The average molecular weight is 312 g/mol. The van der Waals surface area contributed by atoms with E-state index < -0.39 is 0 Å². The van der Waals surface area contributed by atoms with Crippen molar-refractivity contribution in [2.75, 3.05) is 19.7 Å². The molecule has 18 heavy (non-hydrogen) atoms. The van der Waals surface area contributed by atoms with Crippen molar-refractivity contribution in [1.29, 1.82) is 0 Å². The van der Waals surface area contributed by atoms with Crippen LogP contribution in [0.5, 0.6) is 5.75 Å². The Bertz CT molecular complexity index is 450. The van der Waals surface area contributed by atoms with Crippen molar-refractivity contribution in [2.24, 2.45) is 5.92 Å². The summed E-state index contributed by atoms with van der Waals surface area (Å²) in [5.41, 5.74) is 2.52. The zero-order valence-corrected chi connectivity index (χ0v) is 11.9. The largest absolute Gasteiger partial charge is 0.493 e. The Morgan fingerprint density at radius 3 is 3.17 bits per heavy atom. The molecule has 1 fully saturated rings. The lowest BCUT2D eigenvalue weighted by Gasteiger charge is -2.28. The molecule has 0 aromatic heterocycles. The average Bonchev–Trinajstić information content (AvgIpc) is 2.80. The Morgan fingerprint density at radius 2 is 2.33 bits per heavy atom. The quantitative estimate of drug-likeness (QED) is 0.876. The van der Waals surface area contributed by atoms with Gasteiger partial charge in [-0.2, -0.15) is 0 Å². The second-order valence-corrected chi connectivity index (χ2v) is 6.09. The van der Waals surface area contributed by atoms with Crippen molar-refractivity contribution in [2.45, 2.75) is 25.4 Å². The molecule has 2 heterocycles. The molecule has 2 aliphatic rings. The summed E-state index contributed by atoms with van der Waals surface area (Å²) in [4.78, 5) is 0. The Labute approximate surface area is 116 Å². The van der Waals surface area contributed by atoms with Crippen LogP contribution in [0.15, 0.2) is 16.6 Å². The fraction of sp³-hybridized carbons (Fsp3) is 0.571. The number of hydrogen-bond donors (Lipinski definition) is 2. The molecule has 0 bridgehead atoms. The lowest BCUT2D eigenvalue weighted by atomic mass is 9.89. The molecule has 1 aromatic carbocycles. The summed E-state index contributed by atoms with van der Waals surface area (Å²) in [5, 5.41) is 13.4. The molecule has 1 aromatic rings. The van der Waals surface area contributed by atoms with Gasteiger partial charge in [-0.25, -0.2) is 0 Å². The Balaban J connectivity index is 1.84. The number of benzene rings is 1. The van der Waals surface area contributed by atoms with Gasteiger partial charge in [0.05, 0.1) is 12.7 Å². The minimum atomic E-state index is -0.192. The molecular weight excluding hydrogens is 294 g/mol. The third-order valence-corrected chi connectivity index (χ3v) is 4.33. The normalized spacial score (nSPS) is 26.8. The van der Waals surface area contributed by atoms with E-state index in [9.17, 15) is 5.11 Å². The van der Waals surface area contributed by atoms with Crippen molar-refractivity contribution in [3.8, 4) is 5.75 Å². The van der Waals surface area contributed by atoms with Gasteiger partial charge in [-0.3, -0.25) is 0 Å². The van der Waals surface area contributed by atoms with Crippen LogP contribution in [0.4, 0.5) is 0 Å². The van der Waals surface area contributed by atoms with Crippen molar-refractivity contribution in [3.05, 3.63) is 27.7 Å². The summed E-state index contributed by atoms with van der Waals surface area (Å²) in [6.07, 6.45) is 2.53. The van der Waals surface area contributed by atoms with Crippen LogP contribution in [0.25, 0.3) is 0 Å². The van der Waals surface area contributed by atoms with Crippen LogP contribution in [-0.4, -0.2) is 30.9 Å². The van der Waals surface area contributed by atoms with E-state index >= 15 is 0 Å². The standard InChI is InChI=1S/C14H18BrNO2/c15-12-6-9-2-4-18-14(9)10(7-12)5-11-8-16-3-1-13(11)17/h6-7,11,13,16-17H,1-5,8H2. The van der Waals surface area contributed by atoms with Crippen molar-refractivity contribution < 1.29 is 9.84 Å². The monoisotopic (exact) mass is 311 g/mol. The highest BCUT2D eigenvalue weighted by atomic mass is 79.9. The fourth-order valence-electron chi connectivity index (χ4n) is 2.90. The maximum absolute atomic E-state index is 10.1. The summed E-state index contributed by atoms with van der Waals surface area (Å²) in [7, 11) is 0. The summed E-state index contributed by atoms with van der Waals surface area (Å²) in [5.74, 6) is 1.34. The minimum Gasteiger partial charge on any atom is -0.493 e. The maximum atomic E-state index is 10.1. The highest BCUT2D eigenvalue weighted by molar-refractivity contribution is 9.10. The summed E-state index contributed by atoms with van der Waals surface area (Å²) in [6, 6.07) is 4.27.